The van der Waals surface area contributed by atoms with E-state index in [0.29, 0.717) is 53.5 Å². The normalized spacial score (nSPS) is 14.6. The Balaban J connectivity index is 1.59. The summed E-state index contributed by atoms with van der Waals surface area (Å²) in [5.74, 6) is 0.729. The van der Waals surface area contributed by atoms with E-state index in [2.05, 4.69) is 4.99 Å². The van der Waals surface area contributed by atoms with Gasteiger partial charge in [0.05, 0.1) is 50.7 Å². The van der Waals surface area contributed by atoms with Gasteiger partial charge in [-0.05, 0) is 75.2 Å². The van der Waals surface area contributed by atoms with Gasteiger partial charge in [0.2, 0.25) is 0 Å². The van der Waals surface area contributed by atoms with Gasteiger partial charge in [-0.25, -0.2) is 9.79 Å². The molecule has 0 bridgehead atoms. The lowest BCUT2D eigenvalue weighted by Gasteiger charge is -2.26. The maximum Gasteiger partial charge on any atom is 0.338 e. The summed E-state index contributed by atoms with van der Waals surface area (Å²) < 4.78 is 25.0. The predicted octanol–water partition coefficient (Wildman–Crippen LogP) is 7.13. The van der Waals surface area contributed by atoms with Crippen LogP contribution in [0.4, 0.5) is 0 Å². The van der Waals surface area contributed by atoms with Crippen LogP contribution in [0.15, 0.2) is 75.7 Å². The maximum absolute atomic E-state index is 14.1. The number of carbonyl (C=O) groups excluding carboxylic acids is 1. The number of aromatic nitrogens is 1. The van der Waals surface area contributed by atoms with Crippen LogP contribution >= 0.6 is 46.1 Å². The van der Waals surface area contributed by atoms with E-state index < -0.39 is 12.0 Å². The molecular formula is C34H31Cl3N2O6S. The number of carbonyl (C=O) groups is 1. The fourth-order valence-electron chi connectivity index (χ4n) is 5.05. The SMILES string of the molecule is CCOC(=O)C1=C(C)N=c2s/c(=C/c3cc(Cl)c(OCc4ccc(Cl)c(Cl)c4)c(OC)c3)c(=O)n2[C@H]1c1ccccc1OC(C)C. The van der Waals surface area contributed by atoms with Gasteiger partial charge in [0, 0.05) is 5.56 Å². The Bertz CT molecular complexity index is 2020. The highest BCUT2D eigenvalue weighted by Gasteiger charge is 2.35. The highest BCUT2D eigenvalue weighted by Crippen LogP contribution is 2.38. The molecule has 0 fully saturated rings. The van der Waals surface area contributed by atoms with Gasteiger partial charge in [0.15, 0.2) is 16.3 Å². The third-order valence-corrected chi connectivity index (χ3v) is 9.01. The zero-order valence-electron chi connectivity index (χ0n) is 25.7. The lowest BCUT2D eigenvalue weighted by atomic mass is 9.95. The van der Waals surface area contributed by atoms with Crippen LogP contribution in [0.1, 0.15) is 50.4 Å². The Labute approximate surface area is 285 Å². The molecule has 0 saturated carbocycles. The molecule has 5 rings (SSSR count). The van der Waals surface area contributed by atoms with Crippen molar-refractivity contribution in [3.63, 3.8) is 0 Å². The number of rotatable bonds is 10. The van der Waals surface area contributed by atoms with E-state index in [0.717, 1.165) is 5.56 Å². The van der Waals surface area contributed by atoms with E-state index in [9.17, 15) is 9.59 Å². The Morgan fingerprint density at radius 3 is 2.50 bits per heavy atom. The monoisotopic (exact) mass is 700 g/mol. The minimum Gasteiger partial charge on any atom is -0.493 e. The highest BCUT2D eigenvalue weighted by molar-refractivity contribution is 7.07. The Morgan fingerprint density at radius 2 is 1.80 bits per heavy atom. The molecule has 12 heteroatoms. The molecular weight excluding hydrogens is 671 g/mol. The summed E-state index contributed by atoms with van der Waals surface area (Å²) in [5.41, 5.74) is 2.45. The van der Waals surface area contributed by atoms with Crippen molar-refractivity contribution < 1.29 is 23.7 Å². The zero-order valence-corrected chi connectivity index (χ0v) is 28.8. The number of hydrogen-bond donors (Lipinski definition) is 0. The third kappa shape index (κ3) is 6.98. The van der Waals surface area contributed by atoms with Gasteiger partial charge < -0.3 is 18.9 Å². The summed E-state index contributed by atoms with van der Waals surface area (Å²) in [5, 5.41) is 1.15. The number of methoxy groups -OCH3 is 1. The van der Waals surface area contributed by atoms with Crippen molar-refractivity contribution in [1.82, 2.24) is 4.57 Å². The third-order valence-electron chi connectivity index (χ3n) is 7.01. The van der Waals surface area contributed by atoms with Gasteiger partial charge in [0.1, 0.15) is 18.4 Å². The zero-order chi connectivity index (χ0) is 33.1. The van der Waals surface area contributed by atoms with Gasteiger partial charge in [-0.15, -0.1) is 0 Å². The number of esters is 1. The number of ether oxygens (including phenoxy) is 4. The molecule has 4 aromatic rings. The molecule has 46 heavy (non-hydrogen) atoms. The molecule has 1 aromatic heterocycles. The van der Waals surface area contributed by atoms with E-state index in [-0.39, 0.29) is 35.5 Å². The average molecular weight is 702 g/mol. The second-order valence-corrected chi connectivity index (χ2v) is 12.8. The van der Waals surface area contributed by atoms with Gasteiger partial charge in [-0.2, -0.15) is 0 Å². The van der Waals surface area contributed by atoms with Crippen LogP contribution in [0.2, 0.25) is 15.1 Å². The minimum absolute atomic E-state index is 0.135. The van der Waals surface area contributed by atoms with Crippen LogP contribution in [-0.2, 0) is 16.1 Å². The van der Waals surface area contributed by atoms with Crippen molar-refractivity contribution in [2.75, 3.05) is 13.7 Å². The summed E-state index contributed by atoms with van der Waals surface area (Å²) in [6, 6.07) is 15.2. The topological polar surface area (TPSA) is 88.4 Å². The number of allylic oxidation sites excluding steroid dienone is 1. The first-order valence-electron chi connectivity index (χ1n) is 14.4. The van der Waals surface area contributed by atoms with Crippen molar-refractivity contribution >= 4 is 58.2 Å². The molecule has 0 N–H and O–H groups in total. The smallest absolute Gasteiger partial charge is 0.338 e. The predicted molar refractivity (Wildman–Crippen MR) is 181 cm³/mol. The number of para-hydroxylation sites is 1. The number of halogens is 3. The number of fused-ring (bicyclic) bond motifs is 1. The molecule has 2 heterocycles. The Hall–Kier alpha value is -3.76. The minimum atomic E-state index is -0.817. The van der Waals surface area contributed by atoms with Crippen LogP contribution in [0.3, 0.4) is 0 Å². The van der Waals surface area contributed by atoms with E-state index in [1.54, 1.807) is 50.3 Å². The molecule has 0 unspecified atom stereocenters. The van der Waals surface area contributed by atoms with Crippen LogP contribution in [0.25, 0.3) is 6.08 Å². The van der Waals surface area contributed by atoms with Crippen molar-refractivity contribution in [2.45, 2.75) is 46.4 Å². The molecule has 0 saturated heterocycles. The van der Waals surface area contributed by atoms with Crippen LogP contribution in [0, 0.1) is 0 Å². The van der Waals surface area contributed by atoms with Crippen molar-refractivity contribution in [3.8, 4) is 17.2 Å². The highest BCUT2D eigenvalue weighted by atomic mass is 35.5. The lowest BCUT2D eigenvalue weighted by Crippen LogP contribution is -2.40. The molecule has 0 amide bonds. The lowest BCUT2D eigenvalue weighted by molar-refractivity contribution is -0.139. The first-order chi connectivity index (χ1) is 22.0. The Morgan fingerprint density at radius 1 is 1.04 bits per heavy atom. The number of nitrogens with zero attached hydrogens (tertiary/aromatic N) is 2. The fourth-order valence-corrected chi connectivity index (χ4v) is 6.69. The van der Waals surface area contributed by atoms with Crippen LogP contribution in [0.5, 0.6) is 17.2 Å². The van der Waals surface area contributed by atoms with Gasteiger partial charge in [-0.1, -0.05) is 70.4 Å². The van der Waals surface area contributed by atoms with Gasteiger partial charge in [-0.3, -0.25) is 9.36 Å². The second-order valence-electron chi connectivity index (χ2n) is 10.6. The summed E-state index contributed by atoms with van der Waals surface area (Å²) >= 11 is 20.0. The van der Waals surface area contributed by atoms with Crippen molar-refractivity contribution in [1.29, 1.82) is 0 Å². The standard InChI is InChI=1S/C34H31Cl3N2O6S/c1-6-43-33(41)29-19(4)38-34-39(30(29)22-9-7-8-10-26(22)45-18(2)3)32(40)28(46-34)16-21-14-25(37)31(27(15-21)42-5)44-17-20-11-12-23(35)24(36)13-20/h7-16,18,30H,6,17H2,1-5H3/b28-16+/t30-/m0/s1. The second kappa shape index (κ2) is 14.3. The quantitative estimate of drug-likeness (QED) is 0.164. The van der Waals surface area contributed by atoms with E-state index >= 15 is 0 Å². The average Bonchev–Trinajstić information content (AvgIpc) is 3.31. The maximum atomic E-state index is 14.1. The van der Waals surface area contributed by atoms with Crippen LogP contribution < -0.4 is 29.1 Å². The van der Waals surface area contributed by atoms with E-state index in [1.807, 2.05) is 38.1 Å². The molecule has 3 aromatic carbocycles. The number of benzene rings is 3. The molecule has 0 radical (unpaired) electrons. The van der Waals surface area contributed by atoms with Gasteiger partial charge in [0.25, 0.3) is 5.56 Å². The summed E-state index contributed by atoms with van der Waals surface area (Å²) in [6.45, 7) is 7.65. The molecule has 1 aliphatic rings. The molecule has 240 valence electrons. The molecule has 8 nitrogen and oxygen atoms in total. The van der Waals surface area contributed by atoms with Gasteiger partial charge >= 0.3 is 5.97 Å². The summed E-state index contributed by atoms with van der Waals surface area (Å²) in [4.78, 5) is 32.5. The fraction of sp³-hybridized carbons (Fsp3) is 0.265. The summed E-state index contributed by atoms with van der Waals surface area (Å²) in [7, 11) is 1.51. The van der Waals surface area contributed by atoms with Crippen LogP contribution in [-0.4, -0.2) is 30.4 Å². The van der Waals surface area contributed by atoms with E-state index in [1.165, 1.54) is 23.0 Å². The van der Waals surface area contributed by atoms with Crippen molar-refractivity contribution in [3.05, 3.63) is 117 Å². The molecule has 0 aliphatic carbocycles. The molecule has 1 aliphatic heterocycles. The first kappa shape index (κ1) is 33.6. The molecule has 0 spiro atoms. The van der Waals surface area contributed by atoms with Crippen molar-refractivity contribution in [2.24, 2.45) is 4.99 Å². The summed E-state index contributed by atoms with van der Waals surface area (Å²) in [6.07, 6.45) is 1.57. The van der Waals surface area contributed by atoms with E-state index in [4.69, 9.17) is 53.8 Å². The number of hydrogen-bond acceptors (Lipinski definition) is 8. The largest absolute Gasteiger partial charge is 0.493 e. The number of thiazole rings is 1. The first-order valence-corrected chi connectivity index (χ1v) is 16.4. The Kier molecular flexibility index (Phi) is 10.5. The molecule has 1 atom stereocenters.